The highest BCUT2D eigenvalue weighted by Crippen LogP contribution is 2.10. The van der Waals surface area contributed by atoms with Crippen molar-refractivity contribution >= 4 is 11.6 Å². The van der Waals surface area contributed by atoms with Crippen molar-refractivity contribution in [1.29, 1.82) is 0 Å². The van der Waals surface area contributed by atoms with Gasteiger partial charge in [-0.2, -0.15) is 0 Å². The Morgan fingerprint density at radius 1 is 1.50 bits per heavy atom. The summed E-state index contributed by atoms with van der Waals surface area (Å²) in [6.45, 7) is 4.64. The molecule has 1 saturated heterocycles. The molecule has 0 spiro atoms. The molecular formula is C14H21N3O. The molecule has 1 amide bonds. The van der Waals surface area contributed by atoms with E-state index in [2.05, 4.69) is 16.3 Å². The van der Waals surface area contributed by atoms with Crippen LogP contribution in [0.2, 0.25) is 0 Å². The van der Waals surface area contributed by atoms with E-state index in [0.717, 1.165) is 38.2 Å². The molecule has 18 heavy (non-hydrogen) atoms. The van der Waals surface area contributed by atoms with E-state index in [1.54, 1.807) is 0 Å². The van der Waals surface area contributed by atoms with Crippen molar-refractivity contribution in [1.82, 2.24) is 10.2 Å². The lowest BCUT2D eigenvalue weighted by Gasteiger charge is -2.32. The Bertz CT molecular complexity index is 419. The van der Waals surface area contributed by atoms with E-state index >= 15 is 0 Å². The minimum Gasteiger partial charge on any atom is -0.399 e. The molecule has 1 aliphatic rings. The number of nitrogen functional groups attached to an aromatic ring is 1. The van der Waals surface area contributed by atoms with Gasteiger partial charge in [0.1, 0.15) is 0 Å². The summed E-state index contributed by atoms with van der Waals surface area (Å²) in [5.41, 5.74) is 7.84. The van der Waals surface area contributed by atoms with Gasteiger partial charge in [-0.1, -0.05) is 12.1 Å². The van der Waals surface area contributed by atoms with Gasteiger partial charge in [0.2, 0.25) is 5.91 Å². The summed E-state index contributed by atoms with van der Waals surface area (Å²) in [6, 6.07) is 8.01. The molecule has 1 heterocycles. The molecule has 4 nitrogen and oxygen atoms in total. The van der Waals surface area contributed by atoms with Crippen LogP contribution in [0, 0.1) is 0 Å². The van der Waals surface area contributed by atoms with Gasteiger partial charge in [-0.3, -0.25) is 9.69 Å². The van der Waals surface area contributed by atoms with Crippen LogP contribution in [0.25, 0.3) is 0 Å². The number of piperazine rings is 1. The van der Waals surface area contributed by atoms with Gasteiger partial charge in [-0.05, 0) is 44.0 Å². The molecule has 98 valence electrons. The van der Waals surface area contributed by atoms with Gasteiger partial charge in [0.15, 0.2) is 0 Å². The summed E-state index contributed by atoms with van der Waals surface area (Å²) in [5.74, 6) is 0.144. The standard InChI is InChI=1S/C14H21N3O/c1-11-14(18)16-7-9-17(11)8-3-5-12-4-2-6-13(15)10-12/h2,4,6,10-11H,3,5,7-9,15H2,1H3,(H,16,18). The van der Waals surface area contributed by atoms with Gasteiger partial charge in [-0.25, -0.2) is 0 Å². The van der Waals surface area contributed by atoms with Gasteiger partial charge < -0.3 is 11.1 Å². The molecule has 0 aliphatic carbocycles. The van der Waals surface area contributed by atoms with Crippen LogP contribution < -0.4 is 11.1 Å². The van der Waals surface area contributed by atoms with Crippen LogP contribution in [0.4, 0.5) is 5.69 Å². The molecule has 1 aliphatic heterocycles. The SMILES string of the molecule is CC1C(=O)NCCN1CCCc1cccc(N)c1. The minimum absolute atomic E-state index is 0.000377. The Kier molecular flexibility index (Phi) is 4.20. The molecule has 1 unspecified atom stereocenters. The van der Waals surface area contributed by atoms with Crippen LogP contribution in [-0.4, -0.2) is 36.5 Å². The third-order valence-electron chi connectivity index (χ3n) is 3.49. The molecule has 4 heteroatoms. The Morgan fingerprint density at radius 2 is 2.33 bits per heavy atom. The van der Waals surface area contributed by atoms with Crippen molar-refractivity contribution in [2.75, 3.05) is 25.4 Å². The van der Waals surface area contributed by atoms with E-state index in [9.17, 15) is 4.79 Å². The van der Waals surface area contributed by atoms with Crippen molar-refractivity contribution in [3.63, 3.8) is 0 Å². The summed E-state index contributed by atoms with van der Waals surface area (Å²) < 4.78 is 0. The zero-order chi connectivity index (χ0) is 13.0. The first-order valence-electron chi connectivity index (χ1n) is 6.53. The van der Waals surface area contributed by atoms with E-state index in [4.69, 9.17) is 5.73 Å². The number of anilines is 1. The normalized spacial score (nSPS) is 20.7. The number of nitrogens with zero attached hydrogens (tertiary/aromatic N) is 1. The third-order valence-corrected chi connectivity index (χ3v) is 3.49. The number of carbonyl (C=O) groups excluding carboxylic acids is 1. The number of hydrogen-bond donors (Lipinski definition) is 2. The van der Waals surface area contributed by atoms with Crippen molar-refractivity contribution in [3.05, 3.63) is 29.8 Å². The van der Waals surface area contributed by atoms with Crippen LogP contribution in [0.1, 0.15) is 18.9 Å². The Morgan fingerprint density at radius 3 is 3.11 bits per heavy atom. The smallest absolute Gasteiger partial charge is 0.237 e. The molecule has 1 aromatic carbocycles. The second kappa shape index (κ2) is 5.87. The average Bonchev–Trinajstić information content (AvgIpc) is 2.35. The molecule has 0 radical (unpaired) electrons. The van der Waals surface area contributed by atoms with Gasteiger partial charge in [-0.15, -0.1) is 0 Å². The third kappa shape index (κ3) is 3.23. The van der Waals surface area contributed by atoms with E-state index in [1.807, 2.05) is 25.1 Å². The number of carbonyl (C=O) groups is 1. The number of amides is 1. The van der Waals surface area contributed by atoms with Crippen molar-refractivity contribution in [2.45, 2.75) is 25.8 Å². The van der Waals surface area contributed by atoms with Crippen molar-refractivity contribution in [2.24, 2.45) is 0 Å². The van der Waals surface area contributed by atoms with E-state index in [-0.39, 0.29) is 11.9 Å². The zero-order valence-electron chi connectivity index (χ0n) is 10.9. The maximum Gasteiger partial charge on any atom is 0.237 e. The van der Waals surface area contributed by atoms with Gasteiger partial charge in [0, 0.05) is 18.8 Å². The largest absolute Gasteiger partial charge is 0.399 e. The lowest BCUT2D eigenvalue weighted by molar-refractivity contribution is -0.128. The zero-order valence-corrected chi connectivity index (χ0v) is 10.9. The summed E-state index contributed by atoms with van der Waals surface area (Å²) in [5, 5.41) is 2.88. The van der Waals surface area contributed by atoms with Crippen LogP contribution in [0.5, 0.6) is 0 Å². The van der Waals surface area contributed by atoms with E-state index in [1.165, 1.54) is 5.56 Å². The molecule has 1 atom stereocenters. The number of nitrogens with one attached hydrogen (secondary N) is 1. The van der Waals surface area contributed by atoms with Crippen molar-refractivity contribution in [3.8, 4) is 0 Å². The maximum absolute atomic E-state index is 11.5. The van der Waals surface area contributed by atoms with Crippen LogP contribution in [0.15, 0.2) is 24.3 Å². The summed E-state index contributed by atoms with van der Waals surface area (Å²) in [4.78, 5) is 13.8. The Hall–Kier alpha value is -1.55. The van der Waals surface area contributed by atoms with Gasteiger partial charge in [0.05, 0.1) is 6.04 Å². The number of aryl methyl sites for hydroxylation is 1. The monoisotopic (exact) mass is 247 g/mol. The lowest BCUT2D eigenvalue weighted by Crippen LogP contribution is -2.53. The highest BCUT2D eigenvalue weighted by Gasteiger charge is 2.24. The summed E-state index contributed by atoms with van der Waals surface area (Å²) in [7, 11) is 0. The molecule has 0 saturated carbocycles. The average molecular weight is 247 g/mol. The highest BCUT2D eigenvalue weighted by atomic mass is 16.2. The number of benzene rings is 1. The first-order chi connectivity index (χ1) is 8.66. The fraction of sp³-hybridized carbons (Fsp3) is 0.500. The first kappa shape index (κ1) is 12.9. The molecule has 0 aromatic heterocycles. The molecule has 3 N–H and O–H groups in total. The van der Waals surface area contributed by atoms with E-state index in [0.29, 0.717) is 0 Å². The number of rotatable bonds is 4. The second-order valence-corrected chi connectivity index (χ2v) is 4.85. The Labute approximate surface area is 108 Å². The van der Waals surface area contributed by atoms with Crippen LogP contribution >= 0.6 is 0 Å². The fourth-order valence-corrected chi connectivity index (χ4v) is 2.37. The molecule has 0 bridgehead atoms. The minimum atomic E-state index is -0.000377. The lowest BCUT2D eigenvalue weighted by atomic mass is 10.1. The van der Waals surface area contributed by atoms with Crippen LogP contribution in [-0.2, 0) is 11.2 Å². The second-order valence-electron chi connectivity index (χ2n) is 4.85. The highest BCUT2D eigenvalue weighted by molar-refractivity contribution is 5.81. The molecular weight excluding hydrogens is 226 g/mol. The number of nitrogens with two attached hydrogens (primary N) is 1. The topological polar surface area (TPSA) is 58.4 Å². The summed E-state index contributed by atoms with van der Waals surface area (Å²) in [6.07, 6.45) is 2.07. The molecule has 1 fully saturated rings. The first-order valence-corrected chi connectivity index (χ1v) is 6.53. The van der Waals surface area contributed by atoms with Crippen LogP contribution in [0.3, 0.4) is 0 Å². The fourth-order valence-electron chi connectivity index (χ4n) is 2.37. The number of hydrogen-bond acceptors (Lipinski definition) is 3. The van der Waals surface area contributed by atoms with Gasteiger partial charge >= 0.3 is 0 Å². The quantitative estimate of drug-likeness (QED) is 0.781. The summed E-state index contributed by atoms with van der Waals surface area (Å²) >= 11 is 0. The molecule has 1 aromatic rings. The Balaban J connectivity index is 1.80. The predicted molar refractivity (Wildman–Crippen MR) is 73.2 cm³/mol. The van der Waals surface area contributed by atoms with Crippen molar-refractivity contribution < 1.29 is 4.79 Å². The predicted octanol–water partition coefficient (Wildman–Crippen LogP) is 1.02. The molecule has 2 rings (SSSR count). The maximum atomic E-state index is 11.5. The van der Waals surface area contributed by atoms with Gasteiger partial charge in [0.25, 0.3) is 0 Å². The van der Waals surface area contributed by atoms with E-state index < -0.39 is 0 Å².